The zero-order valence-electron chi connectivity index (χ0n) is 21.1. The molecule has 2 aromatic rings. The first-order valence-electron chi connectivity index (χ1n) is 12.8. The predicted molar refractivity (Wildman–Crippen MR) is 137 cm³/mol. The molecule has 192 valence electrons. The van der Waals surface area contributed by atoms with Crippen molar-refractivity contribution in [3.8, 4) is 5.75 Å². The molecule has 1 heterocycles. The maximum Gasteiger partial charge on any atom is 0.415 e. The summed E-state index contributed by atoms with van der Waals surface area (Å²) in [6.45, 7) is 4.48. The highest BCUT2D eigenvalue weighted by molar-refractivity contribution is 5.89. The Bertz CT molecular complexity index is 1040. The summed E-state index contributed by atoms with van der Waals surface area (Å²) in [7, 11) is 1.58. The van der Waals surface area contributed by atoms with Gasteiger partial charge in [0.1, 0.15) is 11.8 Å². The normalized spacial score (nSPS) is 21.3. The fraction of sp³-hybridized carbons (Fsp3) is 0.464. The molecule has 1 saturated heterocycles. The molecule has 1 saturated carbocycles. The van der Waals surface area contributed by atoms with Crippen LogP contribution in [0.4, 0.5) is 4.79 Å². The molecule has 1 aliphatic heterocycles. The lowest BCUT2D eigenvalue weighted by Gasteiger charge is -2.43. The number of nitrogens with one attached hydrogen (secondary N) is 2. The van der Waals surface area contributed by atoms with Crippen molar-refractivity contribution in [2.24, 2.45) is 5.92 Å². The third-order valence-electron chi connectivity index (χ3n) is 7.26. The van der Waals surface area contributed by atoms with Crippen LogP contribution in [0.1, 0.15) is 42.9 Å². The highest BCUT2D eigenvalue weighted by Gasteiger charge is 2.38. The number of carbonyl (C=O) groups excluding carboxylic acids is 3. The van der Waals surface area contributed by atoms with E-state index in [0.29, 0.717) is 31.9 Å². The summed E-state index contributed by atoms with van der Waals surface area (Å²) >= 11 is 0. The third kappa shape index (κ3) is 6.23. The van der Waals surface area contributed by atoms with Crippen LogP contribution in [0.2, 0.25) is 0 Å². The Hall–Kier alpha value is -3.39. The largest absolute Gasteiger partial charge is 0.415 e. The molecule has 0 spiro atoms. The van der Waals surface area contributed by atoms with E-state index >= 15 is 0 Å². The van der Waals surface area contributed by atoms with Crippen LogP contribution in [0, 0.1) is 12.8 Å². The van der Waals surface area contributed by atoms with E-state index in [1.54, 1.807) is 24.1 Å². The Morgan fingerprint density at radius 1 is 0.917 bits per heavy atom. The minimum Gasteiger partial charge on any atom is -0.410 e. The van der Waals surface area contributed by atoms with E-state index in [9.17, 15) is 14.4 Å². The van der Waals surface area contributed by atoms with Crippen molar-refractivity contribution >= 4 is 17.9 Å². The third-order valence-corrected chi connectivity index (χ3v) is 7.26. The van der Waals surface area contributed by atoms with E-state index in [0.717, 1.165) is 36.8 Å². The Kier molecular flexibility index (Phi) is 8.59. The van der Waals surface area contributed by atoms with Crippen LogP contribution in [0.5, 0.6) is 5.75 Å². The van der Waals surface area contributed by atoms with Gasteiger partial charge in [0.25, 0.3) is 0 Å². The molecule has 8 nitrogen and oxygen atoms in total. The molecule has 2 fully saturated rings. The van der Waals surface area contributed by atoms with Gasteiger partial charge in [-0.3, -0.25) is 14.5 Å². The number of aryl methyl sites for hydroxylation is 1. The molecule has 3 amide bonds. The lowest BCUT2D eigenvalue weighted by atomic mass is 9.82. The van der Waals surface area contributed by atoms with Gasteiger partial charge in [0.2, 0.25) is 11.8 Å². The number of piperazine rings is 1. The smallest absolute Gasteiger partial charge is 0.410 e. The standard InChI is InChI=1S/C28H36N4O4/c1-20-12-14-22(15-13-20)36-28(35)32-18-16-31(17-19-32)24-11-7-6-10-23(24)26(33)30-25(27(34)29-2)21-8-4-3-5-9-21/h3-5,8-9,12-15,23-25H,6-7,10-11,16-19H2,1-2H3,(H,29,34)(H,30,33)/t23-,24-,25+/m1/s1. The molecule has 2 aromatic carbocycles. The highest BCUT2D eigenvalue weighted by Crippen LogP contribution is 2.30. The van der Waals surface area contributed by atoms with Gasteiger partial charge in [0, 0.05) is 39.3 Å². The molecule has 0 bridgehead atoms. The maximum absolute atomic E-state index is 13.5. The summed E-state index contributed by atoms with van der Waals surface area (Å²) in [5, 5.41) is 5.69. The number of amides is 3. The fourth-order valence-electron chi connectivity index (χ4n) is 5.20. The van der Waals surface area contributed by atoms with Crippen LogP contribution in [-0.4, -0.2) is 67.0 Å². The number of hydrogen-bond acceptors (Lipinski definition) is 5. The number of benzene rings is 2. The monoisotopic (exact) mass is 492 g/mol. The van der Waals surface area contributed by atoms with Crippen molar-refractivity contribution < 1.29 is 19.1 Å². The van der Waals surface area contributed by atoms with Crippen LogP contribution in [-0.2, 0) is 9.59 Å². The summed E-state index contributed by atoms with van der Waals surface area (Å²) in [4.78, 5) is 42.7. The Morgan fingerprint density at radius 3 is 2.25 bits per heavy atom. The minimum absolute atomic E-state index is 0.0848. The van der Waals surface area contributed by atoms with Gasteiger partial charge in [-0.05, 0) is 37.5 Å². The number of rotatable bonds is 6. The first-order valence-corrected chi connectivity index (χ1v) is 12.8. The van der Waals surface area contributed by atoms with Gasteiger partial charge in [-0.25, -0.2) is 4.79 Å². The van der Waals surface area contributed by atoms with E-state index in [2.05, 4.69) is 15.5 Å². The molecule has 0 aromatic heterocycles. The number of likely N-dealkylation sites (N-methyl/N-ethyl adjacent to an activating group) is 1. The van der Waals surface area contributed by atoms with Gasteiger partial charge in [-0.2, -0.15) is 0 Å². The number of ether oxygens (including phenoxy) is 1. The van der Waals surface area contributed by atoms with E-state index in [4.69, 9.17) is 4.74 Å². The van der Waals surface area contributed by atoms with E-state index in [1.807, 2.05) is 49.4 Å². The van der Waals surface area contributed by atoms with Crippen LogP contribution in [0.15, 0.2) is 54.6 Å². The van der Waals surface area contributed by atoms with Crippen molar-refractivity contribution in [3.63, 3.8) is 0 Å². The second-order valence-corrected chi connectivity index (χ2v) is 9.63. The summed E-state index contributed by atoms with van der Waals surface area (Å²) in [6.07, 6.45) is 3.45. The molecule has 3 atom stereocenters. The van der Waals surface area contributed by atoms with E-state index in [1.165, 1.54) is 0 Å². The molecule has 4 rings (SSSR count). The van der Waals surface area contributed by atoms with Crippen LogP contribution in [0.25, 0.3) is 0 Å². The summed E-state index contributed by atoms with van der Waals surface area (Å²) < 4.78 is 5.53. The summed E-state index contributed by atoms with van der Waals surface area (Å²) in [6, 6.07) is 16.1. The van der Waals surface area contributed by atoms with Gasteiger partial charge in [-0.1, -0.05) is 60.9 Å². The first kappa shape index (κ1) is 25.7. The van der Waals surface area contributed by atoms with Crippen LogP contribution >= 0.6 is 0 Å². The molecule has 8 heteroatoms. The quantitative estimate of drug-likeness (QED) is 0.646. The lowest BCUT2D eigenvalue weighted by Crippen LogP contribution is -2.57. The maximum atomic E-state index is 13.5. The number of hydrogen-bond donors (Lipinski definition) is 2. The Morgan fingerprint density at radius 2 is 1.58 bits per heavy atom. The highest BCUT2D eigenvalue weighted by atomic mass is 16.6. The lowest BCUT2D eigenvalue weighted by molar-refractivity contribution is -0.133. The zero-order chi connectivity index (χ0) is 25.5. The molecular weight excluding hydrogens is 456 g/mol. The van der Waals surface area contributed by atoms with Gasteiger partial charge in [0.05, 0.1) is 5.92 Å². The molecule has 0 unspecified atom stereocenters. The van der Waals surface area contributed by atoms with Crippen molar-refractivity contribution in [2.45, 2.75) is 44.7 Å². The average molecular weight is 493 g/mol. The molecule has 1 aliphatic carbocycles. The average Bonchev–Trinajstić information content (AvgIpc) is 2.93. The topological polar surface area (TPSA) is 91.0 Å². The van der Waals surface area contributed by atoms with Gasteiger partial charge >= 0.3 is 6.09 Å². The molecule has 2 N–H and O–H groups in total. The van der Waals surface area contributed by atoms with Gasteiger partial charge < -0.3 is 20.3 Å². The van der Waals surface area contributed by atoms with E-state index in [-0.39, 0.29) is 29.9 Å². The molecule has 2 aliphatic rings. The second kappa shape index (κ2) is 12.0. The minimum atomic E-state index is -0.723. The molecule has 36 heavy (non-hydrogen) atoms. The predicted octanol–water partition coefficient (Wildman–Crippen LogP) is 3.27. The Balaban J connectivity index is 1.36. The van der Waals surface area contributed by atoms with Crippen molar-refractivity contribution in [3.05, 3.63) is 65.7 Å². The van der Waals surface area contributed by atoms with Crippen LogP contribution < -0.4 is 15.4 Å². The zero-order valence-corrected chi connectivity index (χ0v) is 21.1. The van der Waals surface area contributed by atoms with Crippen molar-refractivity contribution in [1.82, 2.24) is 20.4 Å². The van der Waals surface area contributed by atoms with Crippen LogP contribution in [0.3, 0.4) is 0 Å². The second-order valence-electron chi connectivity index (χ2n) is 9.63. The summed E-state index contributed by atoms with van der Waals surface area (Å²) in [5.41, 5.74) is 1.87. The van der Waals surface area contributed by atoms with E-state index < -0.39 is 6.04 Å². The van der Waals surface area contributed by atoms with Gasteiger partial charge in [-0.15, -0.1) is 0 Å². The SMILES string of the molecule is CNC(=O)[C@@H](NC(=O)[C@@H]1CCCC[C@H]1N1CCN(C(=O)Oc2ccc(C)cc2)CC1)c1ccccc1. The Labute approximate surface area is 213 Å². The van der Waals surface area contributed by atoms with Crippen molar-refractivity contribution in [2.75, 3.05) is 33.2 Å². The molecule has 0 radical (unpaired) electrons. The molecular formula is C28H36N4O4. The van der Waals surface area contributed by atoms with Gasteiger partial charge in [0.15, 0.2) is 0 Å². The number of carbonyl (C=O) groups is 3. The fourth-order valence-corrected chi connectivity index (χ4v) is 5.20. The number of nitrogens with zero attached hydrogens (tertiary/aromatic N) is 2. The first-order chi connectivity index (χ1) is 17.5. The van der Waals surface area contributed by atoms with Crippen molar-refractivity contribution in [1.29, 1.82) is 0 Å². The summed E-state index contributed by atoms with van der Waals surface area (Å²) in [5.74, 6) is 0.0304.